The van der Waals surface area contributed by atoms with E-state index in [1.54, 1.807) is 11.0 Å². The minimum atomic E-state index is -0.478. The Kier molecular flexibility index (Phi) is 4.93. The number of carbonyl (C=O) groups excluding carboxylic acids is 1. The Bertz CT molecular complexity index is 1180. The van der Waals surface area contributed by atoms with Gasteiger partial charge in [-0.15, -0.1) is 0 Å². The highest BCUT2D eigenvalue weighted by Gasteiger charge is 2.41. The molecule has 3 aromatic carbocycles. The molecule has 1 atom stereocenters. The van der Waals surface area contributed by atoms with Crippen LogP contribution in [-0.2, 0) is 17.0 Å². The molecule has 4 nitrogen and oxygen atoms in total. The van der Waals surface area contributed by atoms with Gasteiger partial charge in [-0.2, -0.15) is 0 Å². The molecular weight excluding hydrogens is 397 g/mol. The van der Waals surface area contributed by atoms with Crippen molar-refractivity contribution < 1.29 is 9.18 Å². The van der Waals surface area contributed by atoms with Crippen LogP contribution in [0.15, 0.2) is 88.8 Å². The van der Waals surface area contributed by atoms with E-state index in [0.29, 0.717) is 23.2 Å². The first-order valence-electron chi connectivity index (χ1n) is 9.70. The van der Waals surface area contributed by atoms with E-state index in [2.05, 4.69) is 0 Å². The van der Waals surface area contributed by atoms with Gasteiger partial charge in [0.15, 0.2) is 5.17 Å². The van der Waals surface area contributed by atoms with Crippen LogP contribution in [0, 0.1) is 5.82 Å². The zero-order valence-corrected chi connectivity index (χ0v) is 16.8. The number of para-hydroxylation sites is 1. The lowest BCUT2D eigenvalue weighted by Crippen LogP contribution is -2.41. The molecule has 1 amide bonds. The molecule has 0 N–H and O–H groups in total. The summed E-state index contributed by atoms with van der Waals surface area (Å²) in [5.74, 6) is 0.813. The number of halogens is 1. The van der Waals surface area contributed by atoms with E-state index >= 15 is 0 Å². The lowest BCUT2D eigenvalue weighted by atomic mass is 10.1. The van der Waals surface area contributed by atoms with Gasteiger partial charge in [0.05, 0.1) is 5.69 Å². The highest BCUT2D eigenvalue weighted by Crippen LogP contribution is 2.34. The number of carbonyl (C=O) groups is 1. The highest BCUT2D eigenvalue weighted by atomic mass is 32.2. The number of benzene rings is 3. The fourth-order valence-electron chi connectivity index (χ4n) is 3.64. The molecule has 2 aliphatic rings. The molecule has 0 saturated carbocycles. The first kappa shape index (κ1) is 18.8. The summed E-state index contributed by atoms with van der Waals surface area (Å²) in [5.41, 5.74) is 3.56. The predicted octanol–water partition coefficient (Wildman–Crippen LogP) is 4.96. The Morgan fingerprint density at radius 1 is 0.933 bits per heavy atom. The standard InChI is InChI=1S/C24H18FN3OS/c25-18-10-6-9-17(13-18)15-30-24-27-20-12-5-4-11-19(20)22-26-21(23(29)28(22)24)14-16-7-2-1-3-8-16/h1-13,21H,14-15H2/t21-/m0/s1. The Morgan fingerprint density at radius 2 is 1.70 bits per heavy atom. The number of amides is 1. The maximum atomic E-state index is 13.5. The van der Waals surface area contributed by atoms with Crippen LogP contribution < -0.4 is 0 Å². The molecular formula is C24H18FN3OS. The topological polar surface area (TPSA) is 45.0 Å². The van der Waals surface area contributed by atoms with Gasteiger partial charge >= 0.3 is 0 Å². The molecule has 0 bridgehead atoms. The Morgan fingerprint density at radius 3 is 2.53 bits per heavy atom. The smallest absolute Gasteiger partial charge is 0.259 e. The van der Waals surface area contributed by atoms with Crippen molar-refractivity contribution in [3.05, 3.63) is 101 Å². The van der Waals surface area contributed by atoms with E-state index in [0.717, 1.165) is 22.4 Å². The van der Waals surface area contributed by atoms with Crippen molar-refractivity contribution in [2.45, 2.75) is 18.2 Å². The van der Waals surface area contributed by atoms with Gasteiger partial charge in [0.2, 0.25) is 0 Å². The first-order chi connectivity index (χ1) is 14.7. The monoisotopic (exact) mass is 415 g/mol. The van der Waals surface area contributed by atoms with Crippen molar-refractivity contribution in [2.75, 3.05) is 0 Å². The van der Waals surface area contributed by atoms with E-state index in [1.807, 2.05) is 60.7 Å². The number of hydrogen-bond donors (Lipinski definition) is 0. The van der Waals surface area contributed by atoms with Gasteiger partial charge in [0, 0.05) is 17.7 Å². The minimum Gasteiger partial charge on any atom is -0.271 e. The van der Waals surface area contributed by atoms with Crippen LogP contribution >= 0.6 is 11.8 Å². The van der Waals surface area contributed by atoms with Crippen LogP contribution in [0.25, 0.3) is 0 Å². The number of nitrogens with zero attached hydrogens (tertiary/aromatic N) is 3. The summed E-state index contributed by atoms with van der Waals surface area (Å²) in [7, 11) is 0. The quantitative estimate of drug-likeness (QED) is 0.605. The van der Waals surface area contributed by atoms with E-state index in [1.165, 1.54) is 23.9 Å². The lowest BCUT2D eigenvalue weighted by Gasteiger charge is -2.25. The second-order valence-corrected chi connectivity index (χ2v) is 8.10. The van der Waals surface area contributed by atoms with E-state index < -0.39 is 6.04 Å². The molecule has 0 unspecified atom stereocenters. The number of aliphatic imine (C=N–C) groups is 2. The zero-order valence-electron chi connectivity index (χ0n) is 16.0. The van der Waals surface area contributed by atoms with Gasteiger partial charge in [0.1, 0.15) is 17.7 Å². The Hall–Kier alpha value is -3.25. The van der Waals surface area contributed by atoms with Crippen molar-refractivity contribution in [3.63, 3.8) is 0 Å². The van der Waals surface area contributed by atoms with Crippen LogP contribution in [-0.4, -0.2) is 27.9 Å². The number of rotatable bonds is 4. The third kappa shape index (κ3) is 3.55. The van der Waals surface area contributed by atoms with Gasteiger partial charge in [0.25, 0.3) is 5.91 Å². The molecule has 148 valence electrons. The van der Waals surface area contributed by atoms with E-state index in [-0.39, 0.29) is 11.7 Å². The van der Waals surface area contributed by atoms with Crippen LogP contribution in [0.5, 0.6) is 0 Å². The van der Waals surface area contributed by atoms with Gasteiger partial charge in [-0.05, 0) is 35.4 Å². The average molecular weight is 415 g/mol. The van der Waals surface area contributed by atoms with E-state index in [4.69, 9.17) is 9.98 Å². The summed E-state index contributed by atoms with van der Waals surface area (Å²) in [4.78, 5) is 24.4. The fraction of sp³-hybridized carbons (Fsp3) is 0.125. The third-order valence-electron chi connectivity index (χ3n) is 5.08. The van der Waals surface area contributed by atoms with Gasteiger partial charge in [-0.1, -0.05) is 66.4 Å². The summed E-state index contributed by atoms with van der Waals surface area (Å²) in [6, 6.07) is 23.6. The maximum absolute atomic E-state index is 13.5. The summed E-state index contributed by atoms with van der Waals surface area (Å²) >= 11 is 1.42. The molecule has 0 spiro atoms. The second kappa shape index (κ2) is 7.88. The van der Waals surface area contributed by atoms with Crippen LogP contribution in [0.1, 0.15) is 16.7 Å². The predicted molar refractivity (Wildman–Crippen MR) is 119 cm³/mol. The van der Waals surface area contributed by atoms with Crippen LogP contribution in [0.3, 0.4) is 0 Å². The van der Waals surface area contributed by atoms with Crippen molar-refractivity contribution in [1.82, 2.24) is 4.90 Å². The van der Waals surface area contributed by atoms with Gasteiger partial charge < -0.3 is 0 Å². The average Bonchev–Trinajstić information content (AvgIpc) is 3.09. The van der Waals surface area contributed by atoms with Crippen LogP contribution in [0.4, 0.5) is 10.1 Å². The fourth-order valence-corrected chi connectivity index (χ4v) is 4.59. The molecule has 5 rings (SSSR count). The molecule has 30 heavy (non-hydrogen) atoms. The summed E-state index contributed by atoms with van der Waals surface area (Å²) < 4.78 is 13.5. The highest BCUT2D eigenvalue weighted by molar-refractivity contribution is 8.13. The molecule has 6 heteroatoms. The van der Waals surface area contributed by atoms with Crippen molar-refractivity contribution >= 4 is 34.4 Å². The normalized spacial score (nSPS) is 17.3. The second-order valence-electron chi connectivity index (χ2n) is 7.16. The first-order valence-corrected chi connectivity index (χ1v) is 10.7. The molecule has 0 radical (unpaired) electrons. The maximum Gasteiger partial charge on any atom is 0.259 e. The summed E-state index contributed by atoms with van der Waals surface area (Å²) in [6.07, 6.45) is 0.545. The van der Waals surface area contributed by atoms with Crippen molar-refractivity contribution in [1.29, 1.82) is 0 Å². The number of thioether (sulfide) groups is 1. The van der Waals surface area contributed by atoms with Crippen molar-refractivity contribution in [3.8, 4) is 0 Å². The zero-order chi connectivity index (χ0) is 20.5. The Balaban J connectivity index is 1.46. The Labute approximate surface area is 178 Å². The van der Waals surface area contributed by atoms with Gasteiger partial charge in [-0.3, -0.25) is 9.79 Å². The molecule has 2 heterocycles. The molecule has 0 aromatic heterocycles. The van der Waals surface area contributed by atoms with Gasteiger partial charge in [-0.25, -0.2) is 14.3 Å². The third-order valence-corrected chi connectivity index (χ3v) is 6.09. The lowest BCUT2D eigenvalue weighted by molar-refractivity contribution is -0.124. The van der Waals surface area contributed by atoms with E-state index in [9.17, 15) is 9.18 Å². The van der Waals surface area contributed by atoms with Crippen molar-refractivity contribution in [2.24, 2.45) is 9.98 Å². The molecule has 2 aliphatic heterocycles. The number of amidine groups is 2. The number of fused-ring (bicyclic) bond motifs is 3. The number of hydrogen-bond acceptors (Lipinski definition) is 4. The summed E-state index contributed by atoms with van der Waals surface area (Å²) in [5, 5.41) is 0.581. The SMILES string of the molecule is O=C1[C@H](Cc2ccccc2)N=C2c3ccccc3N=C(SCc3cccc(F)c3)N12. The summed E-state index contributed by atoms with van der Waals surface area (Å²) in [6.45, 7) is 0. The largest absolute Gasteiger partial charge is 0.271 e. The molecule has 0 aliphatic carbocycles. The minimum absolute atomic E-state index is 0.0751. The molecule has 3 aromatic rings. The molecule has 0 saturated heterocycles. The van der Waals surface area contributed by atoms with Crippen LogP contribution in [0.2, 0.25) is 0 Å². The molecule has 0 fully saturated rings.